The maximum Gasteiger partial charge on any atom is 0.183 e. The molecule has 1 saturated heterocycles. The van der Waals surface area contributed by atoms with Crippen molar-refractivity contribution in [3.8, 4) is 0 Å². The van der Waals surface area contributed by atoms with Gasteiger partial charge in [-0.05, 0) is 12.3 Å². The highest BCUT2D eigenvalue weighted by molar-refractivity contribution is 4.80. The molecular weight excluding hydrogens is 172 g/mol. The summed E-state index contributed by atoms with van der Waals surface area (Å²) in [6.45, 7) is 2.02. The van der Waals surface area contributed by atoms with Gasteiger partial charge in [0.2, 0.25) is 0 Å². The third-order valence-corrected chi connectivity index (χ3v) is 2.63. The first-order chi connectivity index (χ1) is 6.22. The summed E-state index contributed by atoms with van der Waals surface area (Å²) < 4.78 is 10.3. The van der Waals surface area contributed by atoms with Crippen LogP contribution in [-0.4, -0.2) is 42.4 Å². The van der Waals surface area contributed by atoms with E-state index in [0.29, 0.717) is 6.42 Å². The number of rotatable bonds is 3. The van der Waals surface area contributed by atoms with E-state index in [4.69, 9.17) is 14.6 Å². The minimum absolute atomic E-state index is 0.00884. The molecule has 2 N–H and O–H groups in total. The van der Waals surface area contributed by atoms with Crippen molar-refractivity contribution < 1.29 is 19.7 Å². The van der Waals surface area contributed by atoms with E-state index in [1.807, 2.05) is 6.92 Å². The summed E-state index contributed by atoms with van der Waals surface area (Å²) in [6, 6.07) is 0. The molecule has 1 fully saturated rings. The lowest BCUT2D eigenvalue weighted by Gasteiger charge is -2.37. The number of hydrogen-bond donors (Lipinski definition) is 2. The van der Waals surface area contributed by atoms with Crippen LogP contribution in [0.15, 0.2) is 0 Å². The molecule has 1 aliphatic rings. The summed E-state index contributed by atoms with van der Waals surface area (Å²) in [4.78, 5) is 0. The Balaban J connectivity index is 2.54. The van der Waals surface area contributed by atoms with Gasteiger partial charge in [0, 0.05) is 7.11 Å². The van der Waals surface area contributed by atoms with E-state index >= 15 is 0 Å². The molecule has 78 valence electrons. The first kappa shape index (κ1) is 10.9. The molecule has 4 heteroatoms. The lowest BCUT2D eigenvalue weighted by atomic mass is 9.90. The zero-order chi connectivity index (χ0) is 9.84. The largest absolute Gasteiger partial charge is 0.394 e. The van der Waals surface area contributed by atoms with Crippen LogP contribution in [0.25, 0.3) is 0 Å². The number of ether oxygens (including phenoxy) is 2. The Morgan fingerprint density at radius 3 is 2.69 bits per heavy atom. The van der Waals surface area contributed by atoms with Gasteiger partial charge in [0.1, 0.15) is 6.10 Å². The quantitative estimate of drug-likeness (QED) is 0.664. The fourth-order valence-corrected chi connectivity index (χ4v) is 1.78. The minimum Gasteiger partial charge on any atom is -0.394 e. The van der Waals surface area contributed by atoms with Gasteiger partial charge in [-0.1, -0.05) is 13.3 Å². The zero-order valence-corrected chi connectivity index (χ0v) is 8.14. The van der Waals surface area contributed by atoms with E-state index in [9.17, 15) is 5.11 Å². The van der Waals surface area contributed by atoms with Crippen LogP contribution in [0.3, 0.4) is 0 Å². The van der Waals surface area contributed by atoms with Gasteiger partial charge >= 0.3 is 0 Å². The number of aliphatic hydroxyl groups is 2. The average Bonchev–Trinajstić information content (AvgIpc) is 2.17. The van der Waals surface area contributed by atoms with Crippen molar-refractivity contribution in [1.82, 2.24) is 0 Å². The van der Waals surface area contributed by atoms with Crippen LogP contribution in [-0.2, 0) is 9.47 Å². The Bertz CT molecular complexity index is 151. The van der Waals surface area contributed by atoms with Crippen molar-refractivity contribution in [3.63, 3.8) is 0 Å². The van der Waals surface area contributed by atoms with Crippen molar-refractivity contribution in [2.75, 3.05) is 13.7 Å². The van der Waals surface area contributed by atoms with Gasteiger partial charge in [0.15, 0.2) is 6.29 Å². The second-order valence-electron chi connectivity index (χ2n) is 3.43. The Kier molecular flexibility index (Phi) is 4.12. The van der Waals surface area contributed by atoms with Crippen molar-refractivity contribution in [2.45, 2.75) is 38.3 Å². The SMILES string of the molecule is CC[C@H]1CC(O)[C@H](OC)OC1CO. The summed E-state index contributed by atoms with van der Waals surface area (Å²) in [5.74, 6) is 0.228. The predicted molar refractivity (Wildman–Crippen MR) is 47.2 cm³/mol. The minimum atomic E-state index is -0.583. The summed E-state index contributed by atoms with van der Waals surface area (Å²) in [6.07, 6.45) is 0.190. The molecule has 0 aromatic rings. The molecule has 1 aliphatic heterocycles. The molecule has 0 aromatic carbocycles. The molecule has 0 bridgehead atoms. The van der Waals surface area contributed by atoms with Gasteiger partial charge in [-0.3, -0.25) is 0 Å². The highest BCUT2D eigenvalue weighted by Gasteiger charge is 2.35. The Morgan fingerprint density at radius 2 is 2.23 bits per heavy atom. The third kappa shape index (κ3) is 2.40. The summed E-state index contributed by atoms with van der Waals surface area (Å²) in [7, 11) is 1.49. The number of methoxy groups -OCH3 is 1. The van der Waals surface area contributed by atoms with E-state index in [0.717, 1.165) is 6.42 Å². The molecule has 0 saturated carbocycles. The molecule has 0 aliphatic carbocycles. The van der Waals surface area contributed by atoms with Crippen LogP contribution >= 0.6 is 0 Å². The molecule has 13 heavy (non-hydrogen) atoms. The van der Waals surface area contributed by atoms with Crippen LogP contribution in [0.5, 0.6) is 0 Å². The molecule has 1 rings (SSSR count). The van der Waals surface area contributed by atoms with Crippen LogP contribution in [0.2, 0.25) is 0 Å². The maximum absolute atomic E-state index is 9.55. The number of aliphatic hydroxyl groups excluding tert-OH is 2. The normalized spacial score (nSPS) is 40.6. The van der Waals surface area contributed by atoms with Crippen LogP contribution in [0, 0.1) is 5.92 Å². The average molecular weight is 190 g/mol. The van der Waals surface area contributed by atoms with Gasteiger partial charge in [-0.15, -0.1) is 0 Å². The zero-order valence-electron chi connectivity index (χ0n) is 8.14. The monoisotopic (exact) mass is 190 g/mol. The topological polar surface area (TPSA) is 58.9 Å². The van der Waals surface area contributed by atoms with Crippen molar-refractivity contribution in [3.05, 3.63) is 0 Å². The Labute approximate surface area is 78.5 Å². The van der Waals surface area contributed by atoms with Crippen molar-refractivity contribution >= 4 is 0 Å². The molecular formula is C9H18O4. The molecule has 4 atom stereocenters. The second-order valence-corrected chi connectivity index (χ2v) is 3.43. The van der Waals surface area contributed by atoms with Crippen LogP contribution in [0.1, 0.15) is 19.8 Å². The van der Waals surface area contributed by atoms with E-state index < -0.39 is 12.4 Å². The predicted octanol–water partition coefficient (Wildman–Crippen LogP) is 0.127. The van der Waals surface area contributed by atoms with Gasteiger partial charge in [-0.2, -0.15) is 0 Å². The Morgan fingerprint density at radius 1 is 1.54 bits per heavy atom. The molecule has 2 unspecified atom stereocenters. The lowest BCUT2D eigenvalue weighted by molar-refractivity contribution is -0.251. The van der Waals surface area contributed by atoms with E-state index in [2.05, 4.69) is 0 Å². The van der Waals surface area contributed by atoms with E-state index in [1.165, 1.54) is 7.11 Å². The highest BCUT2D eigenvalue weighted by atomic mass is 16.7. The molecule has 0 aromatic heterocycles. The highest BCUT2D eigenvalue weighted by Crippen LogP contribution is 2.27. The fraction of sp³-hybridized carbons (Fsp3) is 1.00. The summed E-state index contributed by atoms with van der Waals surface area (Å²) >= 11 is 0. The van der Waals surface area contributed by atoms with Gasteiger partial charge in [-0.25, -0.2) is 0 Å². The van der Waals surface area contributed by atoms with E-state index in [-0.39, 0.29) is 18.6 Å². The summed E-state index contributed by atoms with van der Waals surface area (Å²) in [5.41, 5.74) is 0. The molecule has 4 nitrogen and oxygen atoms in total. The Hall–Kier alpha value is -0.160. The fourth-order valence-electron chi connectivity index (χ4n) is 1.78. The van der Waals surface area contributed by atoms with E-state index in [1.54, 1.807) is 0 Å². The van der Waals surface area contributed by atoms with Crippen molar-refractivity contribution in [1.29, 1.82) is 0 Å². The third-order valence-electron chi connectivity index (χ3n) is 2.63. The van der Waals surface area contributed by atoms with Crippen LogP contribution < -0.4 is 0 Å². The van der Waals surface area contributed by atoms with Gasteiger partial charge in [0.25, 0.3) is 0 Å². The molecule has 0 amide bonds. The molecule has 0 spiro atoms. The molecule has 1 heterocycles. The standard InChI is InChI=1S/C9H18O4/c1-3-6-4-7(11)9(12-2)13-8(6)5-10/h6-11H,3-5H2,1-2H3/t6-,7?,8?,9+/m0/s1. The molecule has 0 radical (unpaired) electrons. The first-order valence-electron chi connectivity index (χ1n) is 4.70. The van der Waals surface area contributed by atoms with Gasteiger partial charge < -0.3 is 19.7 Å². The summed E-state index contributed by atoms with van der Waals surface area (Å²) in [5, 5.41) is 18.6. The smallest absolute Gasteiger partial charge is 0.183 e. The van der Waals surface area contributed by atoms with Crippen molar-refractivity contribution in [2.24, 2.45) is 5.92 Å². The maximum atomic E-state index is 9.55. The lowest BCUT2D eigenvalue weighted by Crippen LogP contribution is -2.46. The number of hydrogen-bond acceptors (Lipinski definition) is 4. The first-order valence-corrected chi connectivity index (χ1v) is 4.70. The second kappa shape index (κ2) is 4.91. The van der Waals surface area contributed by atoms with Crippen LogP contribution in [0.4, 0.5) is 0 Å². The van der Waals surface area contributed by atoms with Gasteiger partial charge in [0.05, 0.1) is 12.7 Å².